The van der Waals surface area contributed by atoms with Gasteiger partial charge in [-0.2, -0.15) is 0 Å². The zero-order valence-electron chi connectivity index (χ0n) is 10.8. The number of para-hydroxylation sites is 2. The summed E-state index contributed by atoms with van der Waals surface area (Å²) in [5.74, 6) is 0.981. The van der Waals surface area contributed by atoms with Crippen LogP contribution in [0.25, 0.3) is 11.0 Å². The van der Waals surface area contributed by atoms with Crippen molar-refractivity contribution in [2.75, 3.05) is 18.9 Å². The molecule has 5 heteroatoms. The second-order valence-corrected chi connectivity index (χ2v) is 4.90. The Morgan fingerprint density at radius 1 is 1.32 bits per heavy atom. The van der Waals surface area contributed by atoms with E-state index in [1.54, 1.807) is 11.1 Å². The minimum atomic E-state index is 0.211. The first kappa shape index (κ1) is 11.9. The Kier molecular flexibility index (Phi) is 3.03. The van der Waals surface area contributed by atoms with Gasteiger partial charge in [-0.25, -0.2) is 4.98 Å². The molecule has 1 unspecified atom stereocenters. The molecule has 1 amide bonds. The number of carbonyl (C=O) groups is 1. The Hall–Kier alpha value is -2.17. The molecule has 0 bridgehead atoms. The lowest BCUT2D eigenvalue weighted by Gasteiger charge is -2.30. The lowest BCUT2D eigenvalue weighted by atomic mass is 10.1. The number of nitrogens with zero attached hydrogens (tertiary/aromatic N) is 3. The molecule has 98 valence electrons. The molecule has 0 spiro atoms. The number of nitrogens with one attached hydrogen (secondary N) is 1. The van der Waals surface area contributed by atoms with Gasteiger partial charge in [-0.05, 0) is 18.6 Å². The number of likely N-dealkylation sites (tertiary alicyclic amines) is 1. The first-order chi connectivity index (χ1) is 9.22. The van der Waals surface area contributed by atoms with E-state index in [2.05, 4.69) is 15.3 Å². The number of hydrogen-bond donors (Lipinski definition) is 1. The summed E-state index contributed by atoms with van der Waals surface area (Å²) in [7, 11) is 1.84. The number of fused-ring (bicyclic) bond motifs is 1. The van der Waals surface area contributed by atoms with E-state index in [1.807, 2.05) is 31.3 Å². The Bertz CT molecular complexity index is 613. The zero-order valence-corrected chi connectivity index (χ0v) is 10.8. The predicted octanol–water partition coefficient (Wildman–Crippen LogP) is 1.66. The fourth-order valence-corrected chi connectivity index (χ4v) is 2.37. The molecule has 1 fully saturated rings. The predicted molar refractivity (Wildman–Crippen MR) is 73.8 cm³/mol. The van der Waals surface area contributed by atoms with Crippen molar-refractivity contribution in [2.24, 2.45) is 0 Å². The van der Waals surface area contributed by atoms with Gasteiger partial charge >= 0.3 is 0 Å². The van der Waals surface area contributed by atoms with Crippen molar-refractivity contribution < 1.29 is 4.79 Å². The maximum Gasteiger partial charge on any atom is 0.222 e. The third-order valence-corrected chi connectivity index (χ3v) is 3.43. The molecule has 1 aromatic heterocycles. The van der Waals surface area contributed by atoms with Crippen LogP contribution in [0.15, 0.2) is 30.5 Å². The van der Waals surface area contributed by atoms with Crippen molar-refractivity contribution in [3.63, 3.8) is 0 Å². The third kappa shape index (κ3) is 2.50. The number of anilines is 1. The molecule has 2 heterocycles. The molecule has 0 aliphatic carbocycles. The molecule has 1 saturated heterocycles. The number of likely N-dealkylation sites (N-methyl/N-ethyl adjacent to an activating group) is 1. The molecule has 19 heavy (non-hydrogen) atoms. The van der Waals surface area contributed by atoms with Crippen LogP contribution in [-0.4, -0.2) is 40.4 Å². The van der Waals surface area contributed by atoms with E-state index in [-0.39, 0.29) is 11.9 Å². The van der Waals surface area contributed by atoms with Gasteiger partial charge in [-0.1, -0.05) is 12.1 Å². The summed E-state index contributed by atoms with van der Waals surface area (Å²) in [5.41, 5.74) is 1.77. The highest BCUT2D eigenvalue weighted by molar-refractivity contribution is 5.77. The standard InChI is InChI=1S/C14H16N4O/c1-18-9-10(6-7-14(18)19)16-13-8-15-11-4-2-3-5-12(11)17-13/h2-5,8,10H,6-7,9H2,1H3,(H,16,17). The SMILES string of the molecule is CN1CC(Nc2cnc3ccccc3n2)CCC1=O. The zero-order chi connectivity index (χ0) is 13.2. The van der Waals surface area contributed by atoms with Crippen molar-refractivity contribution in [2.45, 2.75) is 18.9 Å². The fourth-order valence-electron chi connectivity index (χ4n) is 2.37. The monoisotopic (exact) mass is 256 g/mol. The van der Waals surface area contributed by atoms with Gasteiger partial charge in [0.15, 0.2) is 0 Å². The van der Waals surface area contributed by atoms with Crippen molar-refractivity contribution in [1.29, 1.82) is 0 Å². The third-order valence-electron chi connectivity index (χ3n) is 3.43. The van der Waals surface area contributed by atoms with Gasteiger partial charge in [-0.3, -0.25) is 9.78 Å². The van der Waals surface area contributed by atoms with E-state index in [0.717, 1.165) is 23.3 Å². The van der Waals surface area contributed by atoms with Crippen LogP contribution in [0.3, 0.4) is 0 Å². The van der Waals surface area contributed by atoms with Gasteiger partial charge in [0.2, 0.25) is 5.91 Å². The summed E-state index contributed by atoms with van der Waals surface area (Å²) < 4.78 is 0. The van der Waals surface area contributed by atoms with Gasteiger partial charge in [0.25, 0.3) is 0 Å². The Morgan fingerprint density at radius 3 is 2.89 bits per heavy atom. The van der Waals surface area contributed by atoms with Crippen LogP contribution in [0.1, 0.15) is 12.8 Å². The minimum Gasteiger partial charge on any atom is -0.364 e. The highest BCUT2D eigenvalue weighted by Crippen LogP contribution is 2.16. The van der Waals surface area contributed by atoms with E-state index in [9.17, 15) is 4.79 Å². The van der Waals surface area contributed by atoms with E-state index < -0.39 is 0 Å². The summed E-state index contributed by atoms with van der Waals surface area (Å²) >= 11 is 0. The van der Waals surface area contributed by atoms with E-state index in [4.69, 9.17) is 0 Å². The Balaban J connectivity index is 1.76. The molecule has 1 aliphatic heterocycles. The number of amides is 1. The smallest absolute Gasteiger partial charge is 0.222 e. The van der Waals surface area contributed by atoms with Crippen molar-refractivity contribution in [3.05, 3.63) is 30.5 Å². The van der Waals surface area contributed by atoms with Gasteiger partial charge in [-0.15, -0.1) is 0 Å². The van der Waals surface area contributed by atoms with Crippen LogP contribution in [-0.2, 0) is 4.79 Å². The molecule has 0 saturated carbocycles. The van der Waals surface area contributed by atoms with Crippen LogP contribution >= 0.6 is 0 Å². The molecule has 2 aromatic rings. The second-order valence-electron chi connectivity index (χ2n) is 4.90. The average Bonchev–Trinajstić information content (AvgIpc) is 2.43. The summed E-state index contributed by atoms with van der Waals surface area (Å²) in [6, 6.07) is 8.04. The molecule has 5 nitrogen and oxygen atoms in total. The molecule has 1 N–H and O–H groups in total. The highest BCUT2D eigenvalue weighted by Gasteiger charge is 2.22. The Morgan fingerprint density at radius 2 is 2.11 bits per heavy atom. The number of hydrogen-bond acceptors (Lipinski definition) is 4. The number of aromatic nitrogens is 2. The molecule has 0 radical (unpaired) electrons. The topological polar surface area (TPSA) is 58.1 Å². The lowest BCUT2D eigenvalue weighted by molar-refractivity contribution is -0.132. The summed E-state index contributed by atoms with van der Waals surface area (Å²) in [4.78, 5) is 22.1. The van der Waals surface area contributed by atoms with Crippen LogP contribution in [0.4, 0.5) is 5.82 Å². The van der Waals surface area contributed by atoms with E-state index in [0.29, 0.717) is 13.0 Å². The number of rotatable bonds is 2. The largest absolute Gasteiger partial charge is 0.364 e. The quantitative estimate of drug-likeness (QED) is 0.888. The molecule has 1 aliphatic rings. The van der Waals surface area contributed by atoms with Crippen LogP contribution in [0.2, 0.25) is 0 Å². The molecule has 1 atom stereocenters. The summed E-state index contributed by atoms with van der Waals surface area (Å²) in [6.45, 7) is 0.716. The van der Waals surface area contributed by atoms with E-state index in [1.165, 1.54) is 0 Å². The van der Waals surface area contributed by atoms with Crippen LogP contribution in [0, 0.1) is 0 Å². The average molecular weight is 256 g/mol. The first-order valence-corrected chi connectivity index (χ1v) is 6.44. The van der Waals surface area contributed by atoms with Crippen molar-refractivity contribution >= 4 is 22.8 Å². The van der Waals surface area contributed by atoms with E-state index >= 15 is 0 Å². The highest BCUT2D eigenvalue weighted by atomic mass is 16.2. The van der Waals surface area contributed by atoms with Gasteiger partial charge < -0.3 is 10.2 Å². The maximum absolute atomic E-state index is 11.4. The second kappa shape index (κ2) is 4.84. The minimum absolute atomic E-state index is 0.211. The molecular weight excluding hydrogens is 240 g/mol. The van der Waals surface area contributed by atoms with Gasteiger partial charge in [0.1, 0.15) is 5.82 Å². The number of carbonyl (C=O) groups excluding carboxylic acids is 1. The summed E-state index contributed by atoms with van der Waals surface area (Å²) in [5, 5.41) is 3.36. The normalized spacial score (nSPS) is 19.7. The lowest BCUT2D eigenvalue weighted by Crippen LogP contribution is -2.43. The van der Waals surface area contributed by atoms with Crippen molar-refractivity contribution in [3.8, 4) is 0 Å². The Labute approximate surface area is 111 Å². The van der Waals surface area contributed by atoms with Crippen LogP contribution in [0.5, 0.6) is 0 Å². The first-order valence-electron chi connectivity index (χ1n) is 6.44. The fraction of sp³-hybridized carbons (Fsp3) is 0.357. The van der Waals surface area contributed by atoms with Crippen LogP contribution < -0.4 is 5.32 Å². The molecule has 1 aromatic carbocycles. The molecule has 3 rings (SSSR count). The van der Waals surface area contributed by atoms with Gasteiger partial charge in [0.05, 0.1) is 17.2 Å². The maximum atomic E-state index is 11.4. The van der Waals surface area contributed by atoms with Gasteiger partial charge in [0, 0.05) is 26.1 Å². The summed E-state index contributed by atoms with van der Waals surface area (Å²) in [6.07, 6.45) is 3.19. The van der Waals surface area contributed by atoms with Crippen molar-refractivity contribution in [1.82, 2.24) is 14.9 Å². The number of benzene rings is 1. The number of piperidine rings is 1. The molecular formula is C14H16N4O.